The third kappa shape index (κ3) is 5.54. The minimum Gasteiger partial charge on any atom is -0.493 e. The zero-order valence-electron chi connectivity index (χ0n) is 15.0. The van der Waals surface area contributed by atoms with Crippen molar-refractivity contribution in [3.63, 3.8) is 0 Å². The summed E-state index contributed by atoms with van der Waals surface area (Å²) in [6.45, 7) is -0.788. The summed E-state index contributed by atoms with van der Waals surface area (Å²) in [5, 5.41) is 0. The van der Waals surface area contributed by atoms with Crippen molar-refractivity contribution in [2.45, 2.75) is 23.8 Å². The molecule has 0 heterocycles. The fraction of sp³-hybridized carbons (Fsp3) is 0.294. The Morgan fingerprint density at radius 3 is 1.79 bits per heavy atom. The highest BCUT2D eigenvalue weighted by Gasteiger charge is 2.37. The maximum absolute atomic E-state index is 12.9. The van der Waals surface area contributed by atoms with Crippen molar-refractivity contribution < 1.29 is 44.2 Å². The van der Waals surface area contributed by atoms with Crippen LogP contribution in [0.5, 0.6) is 11.5 Å². The molecule has 0 saturated carbocycles. The maximum Gasteiger partial charge on any atom is 0.416 e. The average molecular weight is 443 g/mol. The molecule has 0 spiro atoms. The lowest BCUT2D eigenvalue weighted by atomic mass is 10.0. The second-order valence-electron chi connectivity index (χ2n) is 5.76. The first-order valence-electron chi connectivity index (χ1n) is 7.78. The number of ether oxygens (including phenoxy) is 2. The highest BCUT2D eigenvalue weighted by molar-refractivity contribution is 7.89. The van der Waals surface area contributed by atoms with E-state index in [1.54, 1.807) is 0 Å². The molecule has 1 N–H and O–H groups in total. The standard InChI is InChI=1S/C17H15F6NO4S/c1-27-14-4-3-13(8-15(14)28-2)29(25,26)24-9-10-5-11(16(18,19)20)7-12(6-10)17(21,22)23/h3-8,24H,9H2,1-2H3. The van der Waals surface area contributed by atoms with Crippen molar-refractivity contribution in [2.75, 3.05) is 14.2 Å². The van der Waals surface area contributed by atoms with E-state index in [1.165, 1.54) is 20.3 Å². The third-order valence-electron chi connectivity index (χ3n) is 3.78. The second-order valence-corrected chi connectivity index (χ2v) is 7.52. The molecule has 0 aromatic heterocycles. The molecule has 5 nitrogen and oxygen atoms in total. The number of halogens is 6. The Hall–Kier alpha value is -2.47. The summed E-state index contributed by atoms with van der Waals surface area (Å²) in [6.07, 6.45) is -10.1. The monoisotopic (exact) mass is 443 g/mol. The smallest absolute Gasteiger partial charge is 0.416 e. The van der Waals surface area contributed by atoms with Gasteiger partial charge in [0.15, 0.2) is 11.5 Å². The first-order valence-corrected chi connectivity index (χ1v) is 9.26. The van der Waals surface area contributed by atoms with Gasteiger partial charge in [0.1, 0.15) is 0 Å². The molecular weight excluding hydrogens is 428 g/mol. The van der Waals surface area contributed by atoms with E-state index < -0.39 is 45.6 Å². The molecule has 0 aliphatic rings. The zero-order valence-corrected chi connectivity index (χ0v) is 15.8. The molecule has 0 aliphatic carbocycles. The summed E-state index contributed by atoms with van der Waals surface area (Å²) < 4.78 is 114. The number of sulfonamides is 1. The van der Waals surface area contributed by atoms with Gasteiger partial charge in [-0.15, -0.1) is 0 Å². The second kappa shape index (κ2) is 8.11. The minimum atomic E-state index is -5.03. The summed E-state index contributed by atoms with van der Waals surface area (Å²) in [7, 11) is -1.66. The van der Waals surface area contributed by atoms with Crippen LogP contribution in [-0.2, 0) is 28.9 Å². The number of hydrogen-bond donors (Lipinski definition) is 1. The van der Waals surface area contributed by atoms with Crippen LogP contribution in [0, 0.1) is 0 Å². The first-order chi connectivity index (χ1) is 13.3. The van der Waals surface area contributed by atoms with E-state index in [2.05, 4.69) is 0 Å². The Balaban J connectivity index is 2.35. The molecule has 0 fully saturated rings. The Labute approximate surface area is 162 Å². The Morgan fingerprint density at radius 2 is 1.34 bits per heavy atom. The van der Waals surface area contributed by atoms with Gasteiger partial charge in [-0.25, -0.2) is 13.1 Å². The van der Waals surface area contributed by atoms with Crippen molar-refractivity contribution in [1.82, 2.24) is 4.72 Å². The van der Waals surface area contributed by atoms with E-state index >= 15 is 0 Å². The van der Waals surface area contributed by atoms with Gasteiger partial charge in [-0.1, -0.05) is 0 Å². The van der Waals surface area contributed by atoms with Crippen molar-refractivity contribution in [2.24, 2.45) is 0 Å². The number of alkyl halides is 6. The molecule has 12 heteroatoms. The molecule has 29 heavy (non-hydrogen) atoms. The van der Waals surface area contributed by atoms with Gasteiger partial charge in [-0.05, 0) is 35.9 Å². The van der Waals surface area contributed by atoms with Crippen molar-refractivity contribution in [3.05, 3.63) is 53.1 Å². The number of methoxy groups -OCH3 is 2. The van der Waals surface area contributed by atoms with Gasteiger partial charge >= 0.3 is 12.4 Å². The van der Waals surface area contributed by atoms with Gasteiger partial charge < -0.3 is 9.47 Å². The summed E-state index contributed by atoms with van der Waals surface area (Å²) in [6, 6.07) is 4.41. The first kappa shape index (κ1) is 22.8. The Bertz CT molecular complexity index is 954. The molecule has 0 atom stereocenters. The molecule has 2 aromatic carbocycles. The van der Waals surface area contributed by atoms with Crippen LogP contribution in [0.4, 0.5) is 26.3 Å². The van der Waals surface area contributed by atoms with E-state index in [9.17, 15) is 34.8 Å². The lowest BCUT2D eigenvalue weighted by Gasteiger charge is -2.15. The summed E-state index contributed by atoms with van der Waals surface area (Å²) in [5.41, 5.74) is -3.57. The van der Waals surface area contributed by atoms with E-state index in [0.717, 1.165) is 12.1 Å². The Morgan fingerprint density at radius 1 is 0.828 bits per heavy atom. The lowest BCUT2D eigenvalue weighted by molar-refractivity contribution is -0.143. The van der Waals surface area contributed by atoms with E-state index in [4.69, 9.17) is 9.47 Å². The fourth-order valence-corrected chi connectivity index (χ4v) is 3.40. The molecule has 0 saturated heterocycles. The number of nitrogens with one attached hydrogen (secondary N) is 1. The van der Waals surface area contributed by atoms with Crippen LogP contribution in [0.25, 0.3) is 0 Å². The summed E-state index contributed by atoms with van der Waals surface area (Å²) in [4.78, 5) is -0.307. The predicted molar refractivity (Wildman–Crippen MR) is 90.0 cm³/mol. The molecule has 0 aliphatic heterocycles. The van der Waals surface area contributed by atoms with Crippen LogP contribution in [0.3, 0.4) is 0 Å². The van der Waals surface area contributed by atoms with Gasteiger partial charge in [0.25, 0.3) is 0 Å². The highest BCUT2D eigenvalue weighted by Crippen LogP contribution is 2.36. The zero-order chi connectivity index (χ0) is 22.0. The van der Waals surface area contributed by atoms with Crippen LogP contribution in [0.15, 0.2) is 41.3 Å². The molecule has 160 valence electrons. The van der Waals surface area contributed by atoms with E-state index in [1.807, 2.05) is 4.72 Å². The third-order valence-corrected chi connectivity index (χ3v) is 5.18. The van der Waals surface area contributed by atoms with Crippen LogP contribution in [-0.4, -0.2) is 22.6 Å². The van der Waals surface area contributed by atoms with Gasteiger partial charge in [0.2, 0.25) is 10.0 Å². The Kier molecular flexibility index (Phi) is 6.38. The van der Waals surface area contributed by atoms with Crippen molar-refractivity contribution >= 4 is 10.0 Å². The van der Waals surface area contributed by atoms with Crippen LogP contribution in [0.1, 0.15) is 16.7 Å². The van der Waals surface area contributed by atoms with Crippen LogP contribution < -0.4 is 14.2 Å². The van der Waals surface area contributed by atoms with Crippen molar-refractivity contribution in [3.8, 4) is 11.5 Å². The fourth-order valence-electron chi connectivity index (χ4n) is 2.37. The van der Waals surface area contributed by atoms with Gasteiger partial charge in [-0.3, -0.25) is 0 Å². The highest BCUT2D eigenvalue weighted by atomic mass is 32.2. The largest absolute Gasteiger partial charge is 0.493 e. The summed E-state index contributed by atoms with van der Waals surface area (Å²) >= 11 is 0. The van der Waals surface area contributed by atoms with Crippen LogP contribution in [0.2, 0.25) is 0 Å². The molecule has 2 aromatic rings. The summed E-state index contributed by atoms with van der Waals surface area (Å²) in [5.74, 6) is 0.313. The molecule has 0 radical (unpaired) electrons. The number of hydrogen-bond acceptors (Lipinski definition) is 4. The molecular formula is C17H15F6NO4S. The predicted octanol–water partition coefficient (Wildman–Crippen LogP) is 4.22. The quantitative estimate of drug-likeness (QED) is 0.680. The SMILES string of the molecule is COc1ccc(S(=O)(=O)NCc2cc(C(F)(F)F)cc(C(F)(F)F)c2)cc1OC. The topological polar surface area (TPSA) is 64.6 Å². The molecule has 0 amide bonds. The van der Waals surface area contributed by atoms with Crippen molar-refractivity contribution in [1.29, 1.82) is 0 Å². The van der Waals surface area contributed by atoms with Gasteiger partial charge in [0.05, 0.1) is 30.2 Å². The maximum atomic E-state index is 12.9. The van der Waals surface area contributed by atoms with E-state index in [-0.39, 0.29) is 22.5 Å². The number of rotatable bonds is 6. The van der Waals surface area contributed by atoms with Gasteiger partial charge in [-0.2, -0.15) is 26.3 Å². The normalized spacial score (nSPS) is 12.7. The van der Waals surface area contributed by atoms with Crippen LogP contribution >= 0.6 is 0 Å². The molecule has 0 unspecified atom stereocenters. The minimum absolute atomic E-state index is 0.0354. The molecule has 0 bridgehead atoms. The average Bonchev–Trinajstić information content (AvgIpc) is 2.64. The molecule has 2 rings (SSSR count). The van der Waals surface area contributed by atoms with Gasteiger partial charge in [0, 0.05) is 12.6 Å². The lowest BCUT2D eigenvalue weighted by Crippen LogP contribution is -2.24. The number of benzene rings is 2. The van der Waals surface area contributed by atoms with E-state index in [0.29, 0.717) is 12.1 Å².